The number of furan rings is 1. The van der Waals surface area contributed by atoms with Gasteiger partial charge in [-0.05, 0) is 48.7 Å². The van der Waals surface area contributed by atoms with Crippen LogP contribution in [-0.4, -0.2) is 19.6 Å². The largest absolute Gasteiger partial charge is 0.497 e. The van der Waals surface area contributed by atoms with Crippen molar-refractivity contribution in [3.8, 4) is 5.75 Å². The number of hydrogen-bond acceptors (Lipinski definition) is 4. The van der Waals surface area contributed by atoms with Crippen molar-refractivity contribution in [1.82, 2.24) is 0 Å². The third-order valence-electron chi connectivity index (χ3n) is 3.72. The lowest BCUT2D eigenvalue weighted by atomic mass is 10.0. The van der Waals surface area contributed by atoms with E-state index in [1.54, 1.807) is 24.1 Å². The van der Waals surface area contributed by atoms with Crippen LogP contribution in [-0.2, 0) is 13.0 Å². The summed E-state index contributed by atoms with van der Waals surface area (Å²) >= 11 is 0. The number of hydrogen-bond donors (Lipinski definition) is 1. The molecule has 0 saturated carbocycles. The first-order chi connectivity index (χ1) is 10.2. The maximum absolute atomic E-state index is 12.6. The minimum Gasteiger partial charge on any atom is -0.497 e. The fourth-order valence-corrected chi connectivity index (χ4v) is 2.65. The molecule has 1 aromatic carbocycles. The Hall–Kier alpha value is -2.27. The second kappa shape index (κ2) is 5.61. The number of aryl methyl sites for hydroxylation is 1. The van der Waals surface area contributed by atoms with E-state index in [1.165, 1.54) is 0 Å². The number of rotatable bonds is 3. The Morgan fingerprint density at radius 3 is 2.95 bits per heavy atom. The van der Waals surface area contributed by atoms with Crippen LogP contribution in [0, 0.1) is 0 Å². The van der Waals surface area contributed by atoms with Crippen molar-refractivity contribution in [2.75, 3.05) is 18.6 Å². The van der Waals surface area contributed by atoms with Gasteiger partial charge >= 0.3 is 0 Å². The minimum absolute atomic E-state index is 0.124. The van der Waals surface area contributed by atoms with Gasteiger partial charge < -0.3 is 19.8 Å². The van der Waals surface area contributed by atoms with Gasteiger partial charge in [0.25, 0.3) is 5.91 Å². The van der Waals surface area contributed by atoms with Gasteiger partial charge in [0.1, 0.15) is 11.5 Å². The average molecular weight is 286 g/mol. The number of fused-ring (bicyclic) bond motifs is 1. The van der Waals surface area contributed by atoms with E-state index in [2.05, 4.69) is 0 Å². The third kappa shape index (κ3) is 2.52. The van der Waals surface area contributed by atoms with E-state index in [1.807, 2.05) is 18.2 Å². The average Bonchev–Trinajstić information content (AvgIpc) is 3.02. The number of nitrogens with two attached hydrogens (primary N) is 1. The van der Waals surface area contributed by atoms with Gasteiger partial charge in [0, 0.05) is 12.2 Å². The van der Waals surface area contributed by atoms with Crippen molar-refractivity contribution < 1.29 is 13.9 Å². The summed E-state index contributed by atoms with van der Waals surface area (Å²) in [6, 6.07) is 9.21. The van der Waals surface area contributed by atoms with E-state index in [0.717, 1.165) is 29.8 Å². The maximum Gasteiger partial charge on any atom is 0.293 e. The van der Waals surface area contributed by atoms with Crippen molar-refractivity contribution in [2.24, 2.45) is 5.73 Å². The van der Waals surface area contributed by atoms with Gasteiger partial charge in [0.15, 0.2) is 5.76 Å². The first kappa shape index (κ1) is 13.7. The van der Waals surface area contributed by atoms with Gasteiger partial charge in [-0.3, -0.25) is 4.79 Å². The van der Waals surface area contributed by atoms with Crippen LogP contribution in [0.2, 0.25) is 0 Å². The Labute approximate surface area is 123 Å². The molecule has 0 spiro atoms. The molecule has 0 bridgehead atoms. The van der Waals surface area contributed by atoms with Gasteiger partial charge in [0.05, 0.1) is 13.7 Å². The normalized spacial score (nSPS) is 13.9. The van der Waals surface area contributed by atoms with Gasteiger partial charge in [-0.25, -0.2) is 0 Å². The number of nitrogens with zero attached hydrogens (tertiary/aromatic N) is 1. The molecule has 1 aliphatic rings. The molecule has 3 rings (SSSR count). The van der Waals surface area contributed by atoms with Gasteiger partial charge in [-0.1, -0.05) is 0 Å². The van der Waals surface area contributed by atoms with Crippen LogP contribution in [0.25, 0.3) is 0 Å². The van der Waals surface area contributed by atoms with Gasteiger partial charge in [0.2, 0.25) is 0 Å². The number of benzene rings is 1. The zero-order valence-corrected chi connectivity index (χ0v) is 12.0. The zero-order valence-electron chi connectivity index (χ0n) is 12.0. The number of methoxy groups -OCH3 is 1. The monoisotopic (exact) mass is 286 g/mol. The minimum atomic E-state index is -0.124. The summed E-state index contributed by atoms with van der Waals surface area (Å²) in [4.78, 5) is 14.4. The van der Waals surface area contributed by atoms with Crippen molar-refractivity contribution in [2.45, 2.75) is 19.4 Å². The van der Waals surface area contributed by atoms with Gasteiger partial charge in [-0.2, -0.15) is 0 Å². The fourth-order valence-electron chi connectivity index (χ4n) is 2.65. The number of carbonyl (C=O) groups excluding carboxylic acids is 1. The van der Waals surface area contributed by atoms with E-state index in [-0.39, 0.29) is 5.91 Å². The SMILES string of the molecule is COc1ccc2c(c1)CCCN2C(=O)c1ccc(CN)o1. The number of amides is 1. The highest BCUT2D eigenvalue weighted by Gasteiger charge is 2.25. The quantitative estimate of drug-likeness (QED) is 0.940. The second-order valence-corrected chi connectivity index (χ2v) is 5.03. The molecular formula is C16H18N2O3. The first-order valence-corrected chi connectivity index (χ1v) is 7.00. The Morgan fingerprint density at radius 2 is 2.24 bits per heavy atom. The topological polar surface area (TPSA) is 68.7 Å². The summed E-state index contributed by atoms with van der Waals surface area (Å²) in [5.74, 6) is 1.64. The maximum atomic E-state index is 12.6. The molecule has 5 nitrogen and oxygen atoms in total. The molecule has 2 heterocycles. The predicted octanol–water partition coefficient (Wildman–Crippen LogP) is 2.34. The summed E-state index contributed by atoms with van der Waals surface area (Å²) in [6.45, 7) is 0.984. The molecule has 0 saturated heterocycles. The van der Waals surface area contributed by atoms with Crippen LogP contribution in [0.1, 0.15) is 28.3 Å². The number of ether oxygens (including phenoxy) is 1. The summed E-state index contributed by atoms with van der Waals surface area (Å²) in [7, 11) is 1.64. The first-order valence-electron chi connectivity index (χ1n) is 7.00. The third-order valence-corrected chi connectivity index (χ3v) is 3.72. The van der Waals surface area contributed by atoms with Crippen LogP contribution < -0.4 is 15.4 Å². The molecule has 0 atom stereocenters. The highest BCUT2D eigenvalue weighted by molar-refractivity contribution is 6.05. The highest BCUT2D eigenvalue weighted by atomic mass is 16.5. The predicted molar refractivity (Wildman–Crippen MR) is 79.6 cm³/mol. The van der Waals surface area contributed by atoms with Crippen molar-refractivity contribution in [3.63, 3.8) is 0 Å². The van der Waals surface area contributed by atoms with E-state index in [4.69, 9.17) is 14.9 Å². The highest BCUT2D eigenvalue weighted by Crippen LogP contribution is 2.31. The molecule has 21 heavy (non-hydrogen) atoms. The second-order valence-electron chi connectivity index (χ2n) is 5.03. The fraction of sp³-hybridized carbons (Fsp3) is 0.312. The summed E-state index contributed by atoms with van der Waals surface area (Å²) in [5.41, 5.74) is 7.57. The molecule has 5 heteroatoms. The van der Waals surface area contributed by atoms with Crippen LogP contribution in [0.4, 0.5) is 5.69 Å². The molecular weight excluding hydrogens is 268 g/mol. The lowest BCUT2D eigenvalue weighted by Gasteiger charge is -2.29. The standard InChI is InChI=1S/C16H18N2O3/c1-20-12-4-6-14-11(9-12)3-2-8-18(14)16(19)15-7-5-13(10-17)21-15/h4-7,9H,2-3,8,10,17H2,1H3. The van der Waals surface area contributed by atoms with Gasteiger partial charge in [-0.15, -0.1) is 0 Å². The van der Waals surface area contributed by atoms with Crippen molar-refractivity contribution in [1.29, 1.82) is 0 Å². The summed E-state index contributed by atoms with van der Waals surface area (Å²) in [5, 5.41) is 0. The van der Waals surface area contributed by atoms with E-state index < -0.39 is 0 Å². The van der Waals surface area contributed by atoms with Crippen LogP contribution in [0.5, 0.6) is 5.75 Å². The Bertz CT molecular complexity index is 663. The van der Waals surface area contributed by atoms with Crippen molar-refractivity contribution >= 4 is 11.6 Å². The molecule has 2 aromatic rings. The van der Waals surface area contributed by atoms with Crippen LogP contribution in [0.3, 0.4) is 0 Å². The molecule has 0 aliphatic carbocycles. The molecule has 0 fully saturated rings. The van der Waals surface area contributed by atoms with Crippen LogP contribution in [0.15, 0.2) is 34.7 Å². The van der Waals surface area contributed by atoms with E-state index in [0.29, 0.717) is 24.6 Å². The molecule has 1 amide bonds. The Kier molecular flexibility index (Phi) is 3.66. The Balaban J connectivity index is 1.92. The molecule has 1 aromatic heterocycles. The smallest absolute Gasteiger partial charge is 0.293 e. The van der Waals surface area contributed by atoms with Crippen LogP contribution >= 0.6 is 0 Å². The van der Waals surface area contributed by atoms with Crippen molar-refractivity contribution in [3.05, 3.63) is 47.4 Å². The molecule has 0 unspecified atom stereocenters. The number of carbonyl (C=O) groups is 1. The lowest BCUT2D eigenvalue weighted by molar-refractivity contribution is 0.0956. The molecule has 0 radical (unpaired) electrons. The zero-order chi connectivity index (χ0) is 14.8. The van der Waals surface area contributed by atoms with E-state index in [9.17, 15) is 4.79 Å². The van der Waals surface area contributed by atoms with E-state index >= 15 is 0 Å². The summed E-state index contributed by atoms with van der Waals surface area (Å²) in [6.07, 6.45) is 1.87. The molecule has 110 valence electrons. The molecule has 2 N–H and O–H groups in total. The lowest BCUT2D eigenvalue weighted by Crippen LogP contribution is -2.35. The summed E-state index contributed by atoms with van der Waals surface area (Å²) < 4.78 is 10.7. The molecule has 1 aliphatic heterocycles. The number of anilines is 1. The Morgan fingerprint density at radius 1 is 1.38 bits per heavy atom.